The van der Waals surface area contributed by atoms with Crippen molar-refractivity contribution in [2.75, 3.05) is 6.54 Å². The van der Waals surface area contributed by atoms with E-state index in [-0.39, 0.29) is 24.0 Å². The molecule has 126 valence electrons. The van der Waals surface area contributed by atoms with E-state index in [1.165, 1.54) is 10.4 Å². The van der Waals surface area contributed by atoms with E-state index in [4.69, 9.17) is 0 Å². The van der Waals surface area contributed by atoms with Crippen molar-refractivity contribution in [2.24, 2.45) is 4.99 Å². The fourth-order valence-corrected chi connectivity index (χ4v) is 3.15. The first kappa shape index (κ1) is 20.4. The molecule has 2 N–H and O–H groups in total. The number of rotatable bonds is 6. The lowest BCUT2D eigenvalue weighted by Crippen LogP contribution is -2.36. The van der Waals surface area contributed by atoms with E-state index >= 15 is 0 Å². The van der Waals surface area contributed by atoms with Gasteiger partial charge in [0, 0.05) is 22.1 Å². The number of hydrogen-bond acceptors (Lipinski definition) is 3. The number of aryl methyl sites for hydroxylation is 1. The average molecular weight is 509 g/mol. The second kappa shape index (κ2) is 11.0. The third-order valence-corrected chi connectivity index (χ3v) is 4.64. The molecule has 0 saturated heterocycles. The molecule has 2 rings (SSSR count). The first-order valence-corrected chi connectivity index (χ1v) is 9.02. The molecule has 0 unspecified atom stereocenters. The minimum Gasteiger partial charge on any atom is -0.357 e. The number of nitrogens with one attached hydrogen (secondary N) is 2. The normalized spacial score (nSPS) is 11.0. The molecule has 1 aromatic carbocycles. The van der Waals surface area contributed by atoms with Gasteiger partial charge in [0.1, 0.15) is 5.01 Å². The minimum absolute atomic E-state index is 0. The van der Waals surface area contributed by atoms with Gasteiger partial charge in [0.2, 0.25) is 0 Å². The van der Waals surface area contributed by atoms with Crippen LogP contribution in [0.3, 0.4) is 0 Å². The van der Waals surface area contributed by atoms with E-state index in [0.717, 1.165) is 28.4 Å². The lowest BCUT2D eigenvalue weighted by atomic mass is 10.2. The molecular formula is C16H22BrIN4S. The predicted octanol–water partition coefficient (Wildman–Crippen LogP) is 4.34. The highest BCUT2D eigenvalue weighted by atomic mass is 127. The molecule has 2 aromatic rings. The van der Waals surface area contributed by atoms with E-state index in [1.54, 1.807) is 11.3 Å². The van der Waals surface area contributed by atoms with E-state index in [0.29, 0.717) is 13.1 Å². The quantitative estimate of drug-likeness (QED) is 0.346. The van der Waals surface area contributed by atoms with Crippen molar-refractivity contribution in [3.8, 4) is 0 Å². The fraction of sp³-hybridized carbons (Fsp3) is 0.375. The Balaban J connectivity index is 0.00000264. The second-order valence-corrected chi connectivity index (χ2v) is 6.87. The Morgan fingerprint density at radius 2 is 2.13 bits per heavy atom. The molecule has 0 atom stereocenters. The molecule has 7 heteroatoms. The van der Waals surface area contributed by atoms with Gasteiger partial charge in [-0.15, -0.1) is 35.3 Å². The Kier molecular flexibility index (Phi) is 9.73. The van der Waals surface area contributed by atoms with E-state index in [2.05, 4.69) is 62.5 Å². The predicted molar refractivity (Wildman–Crippen MR) is 113 cm³/mol. The largest absolute Gasteiger partial charge is 0.357 e. The van der Waals surface area contributed by atoms with Gasteiger partial charge >= 0.3 is 0 Å². The van der Waals surface area contributed by atoms with Gasteiger partial charge in [-0.2, -0.15) is 0 Å². The van der Waals surface area contributed by atoms with Gasteiger partial charge in [-0.25, -0.2) is 9.98 Å². The van der Waals surface area contributed by atoms with Crippen molar-refractivity contribution in [3.63, 3.8) is 0 Å². The maximum absolute atomic E-state index is 4.62. The fourth-order valence-electron chi connectivity index (χ4n) is 1.90. The minimum atomic E-state index is 0. The summed E-state index contributed by atoms with van der Waals surface area (Å²) >= 11 is 5.23. The second-order valence-electron chi connectivity index (χ2n) is 4.75. The molecule has 4 nitrogen and oxygen atoms in total. The summed E-state index contributed by atoms with van der Waals surface area (Å²) in [5.74, 6) is 0.815. The van der Waals surface area contributed by atoms with Crippen molar-refractivity contribution < 1.29 is 0 Å². The van der Waals surface area contributed by atoms with Gasteiger partial charge in [0.25, 0.3) is 0 Å². The molecule has 0 aliphatic rings. The van der Waals surface area contributed by atoms with Gasteiger partial charge in [-0.1, -0.05) is 35.0 Å². The number of aliphatic imine (C=N–C) groups is 1. The maximum Gasteiger partial charge on any atom is 0.191 e. The van der Waals surface area contributed by atoms with Crippen LogP contribution in [-0.2, 0) is 19.5 Å². The lowest BCUT2D eigenvalue weighted by Gasteiger charge is -2.10. The zero-order chi connectivity index (χ0) is 15.8. The van der Waals surface area contributed by atoms with Gasteiger partial charge in [0.15, 0.2) is 5.96 Å². The van der Waals surface area contributed by atoms with Gasteiger partial charge < -0.3 is 10.6 Å². The number of guanidine groups is 1. The summed E-state index contributed by atoms with van der Waals surface area (Å²) in [5, 5.41) is 7.68. The molecule has 0 bridgehead atoms. The van der Waals surface area contributed by atoms with Crippen LogP contribution in [-0.4, -0.2) is 17.5 Å². The summed E-state index contributed by atoms with van der Waals surface area (Å²) in [5.41, 5.74) is 1.18. The highest BCUT2D eigenvalue weighted by Crippen LogP contribution is 2.13. The van der Waals surface area contributed by atoms with Gasteiger partial charge in [-0.05, 0) is 31.0 Å². The molecule has 0 aliphatic carbocycles. The summed E-state index contributed by atoms with van der Waals surface area (Å²) in [4.78, 5) is 10.3. The number of hydrogen-bond donors (Lipinski definition) is 2. The highest BCUT2D eigenvalue weighted by Gasteiger charge is 2.03. The van der Waals surface area contributed by atoms with Crippen molar-refractivity contribution in [1.29, 1.82) is 0 Å². The monoisotopic (exact) mass is 508 g/mol. The summed E-state index contributed by atoms with van der Waals surface area (Å²) in [6.07, 6.45) is 2.99. The van der Waals surface area contributed by atoms with Crippen LogP contribution in [0.2, 0.25) is 0 Å². The summed E-state index contributed by atoms with van der Waals surface area (Å²) < 4.78 is 1.08. The van der Waals surface area contributed by atoms with E-state index in [1.807, 2.05) is 18.3 Å². The van der Waals surface area contributed by atoms with Crippen LogP contribution in [0.1, 0.15) is 29.3 Å². The Labute approximate surface area is 167 Å². The third kappa shape index (κ3) is 7.17. The summed E-state index contributed by atoms with van der Waals surface area (Å²) in [7, 11) is 0. The van der Waals surface area contributed by atoms with Crippen LogP contribution in [0.15, 0.2) is 39.9 Å². The third-order valence-electron chi connectivity index (χ3n) is 3.01. The van der Waals surface area contributed by atoms with Crippen molar-refractivity contribution >= 4 is 57.2 Å². The van der Waals surface area contributed by atoms with Crippen molar-refractivity contribution in [3.05, 3.63) is 50.4 Å². The smallest absolute Gasteiger partial charge is 0.191 e. The Morgan fingerprint density at radius 1 is 1.30 bits per heavy atom. The van der Waals surface area contributed by atoms with Crippen LogP contribution in [0.5, 0.6) is 0 Å². The first-order valence-electron chi connectivity index (χ1n) is 7.41. The summed E-state index contributed by atoms with van der Waals surface area (Å²) in [6, 6.07) is 8.20. The zero-order valence-electron chi connectivity index (χ0n) is 13.3. The molecule has 0 amide bonds. The topological polar surface area (TPSA) is 49.3 Å². The molecule has 0 spiro atoms. The van der Waals surface area contributed by atoms with E-state index < -0.39 is 0 Å². The zero-order valence-corrected chi connectivity index (χ0v) is 18.0. The highest BCUT2D eigenvalue weighted by molar-refractivity contribution is 14.0. The van der Waals surface area contributed by atoms with Crippen molar-refractivity contribution in [2.45, 2.75) is 33.4 Å². The lowest BCUT2D eigenvalue weighted by molar-refractivity contribution is 0.811. The van der Waals surface area contributed by atoms with Crippen LogP contribution in [0, 0.1) is 0 Å². The Hall–Kier alpha value is -0.670. The number of benzene rings is 1. The Bertz CT molecular complexity index is 630. The van der Waals surface area contributed by atoms with Gasteiger partial charge in [-0.3, -0.25) is 0 Å². The maximum atomic E-state index is 4.62. The Morgan fingerprint density at radius 3 is 2.78 bits per heavy atom. The molecule has 0 fully saturated rings. The molecule has 0 radical (unpaired) electrons. The van der Waals surface area contributed by atoms with E-state index in [9.17, 15) is 0 Å². The average Bonchev–Trinajstić information content (AvgIpc) is 2.98. The SMILES string of the molecule is CCNC(=NCc1cccc(Br)c1)NCc1ncc(CC)s1.I. The molecule has 1 heterocycles. The molecule has 23 heavy (non-hydrogen) atoms. The molecular weight excluding hydrogens is 487 g/mol. The van der Waals surface area contributed by atoms with Crippen LogP contribution < -0.4 is 10.6 Å². The molecule has 0 saturated carbocycles. The first-order chi connectivity index (χ1) is 10.7. The van der Waals surface area contributed by atoms with Crippen LogP contribution >= 0.6 is 51.2 Å². The number of thiazole rings is 1. The van der Waals surface area contributed by atoms with Crippen LogP contribution in [0.25, 0.3) is 0 Å². The van der Waals surface area contributed by atoms with Crippen LogP contribution in [0.4, 0.5) is 0 Å². The molecule has 1 aromatic heterocycles. The number of aromatic nitrogens is 1. The number of nitrogens with zero attached hydrogens (tertiary/aromatic N) is 2. The standard InChI is InChI=1S/C16H21BrN4S.HI/c1-3-14-10-19-15(22-14)11-21-16(18-4-2)20-9-12-6-5-7-13(17)8-12;/h5-8,10H,3-4,9,11H2,1-2H3,(H2,18,20,21);1H. The molecule has 0 aliphatic heterocycles. The van der Waals surface area contributed by atoms with Crippen molar-refractivity contribution in [1.82, 2.24) is 15.6 Å². The number of halogens is 2. The summed E-state index contributed by atoms with van der Waals surface area (Å²) in [6.45, 7) is 6.40. The van der Waals surface area contributed by atoms with Gasteiger partial charge in [0.05, 0.1) is 13.1 Å².